The lowest BCUT2D eigenvalue weighted by Crippen LogP contribution is -2.33. The Kier molecular flexibility index (Phi) is 6.26. The molecule has 0 amide bonds. The van der Waals surface area contributed by atoms with Gasteiger partial charge in [-0.05, 0) is 50.9 Å². The first kappa shape index (κ1) is 13.0. The minimum atomic E-state index is 0.798. The fraction of sp³-hybridized carbons (Fsp3) is 1.00. The van der Waals surface area contributed by atoms with Crippen molar-refractivity contribution in [3.63, 3.8) is 0 Å². The molecule has 0 saturated carbocycles. The zero-order valence-electron chi connectivity index (χ0n) is 10.8. The molecule has 2 nitrogen and oxygen atoms in total. The van der Waals surface area contributed by atoms with E-state index in [-0.39, 0.29) is 0 Å². The Bertz CT molecular complexity index is 153. The van der Waals surface area contributed by atoms with E-state index >= 15 is 0 Å². The van der Waals surface area contributed by atoms with Gasteiger partial charge in [0.1, 0.15) is 0 Å². The van der Waals surface area contributed by atoms with Crippen molar-refractivity contribution >= 4 is 0 Å². The lowest BCUT2D eigenvalue weighted by Gasteiger charge is -2.21. The molecule has 0 aromatic carbocycles. The summed E-state index contributed by atoms with van der Waals surface area (Å²) in [6.07, 6.45) is 4.10. The molecule has 1 aliphatic heterocycles. The quantitative estimate of drug-likeness (QED) is 0.697. The average Bonchev–Trinajstić information content (AvgIpc) is 2.70. The van der Waals surface area contributed by atoms with Gasteiger partial charge in [-0.1, -0.05) is 27.2 Å². The van der Waals surface area contributed by atoms with Crippen molar-refractivity contribution in [3.05, 3.63) is 0 Å². The minimum Gasteiger partial charge on any atom is -0.316 e. The van der Waals surface area contributed by atoms with Crippen LogP contribution in [0.4, 0.5) is 0 Å². The van der Waals surface area contributed by atoms with Crippen molar-refractivity contribution in [2.75, 3.05) is 32.7 Å². The molecule has 2 heteroatoms. The second kappa shape index (κ2) is 7.24. The largest absolute Gasteiger partial charge is 0.316 e. The molecule has 1 aliphatic rings. The lowest BCUT2D eigenvalue weighted by molar-refractivity contribution is 0.280. The fourth-order valence-corrected chi connectivity index (χ4v) is 2.19. The summed E-state index contributed by atoms with van der Waals surface area (Å²) >= 11 is 0. The van der Waals surface area contributed by atoms with Gasteiger partial charge in [-0.2, -0.15) is 0 Å². The molecule has 1 rings (SSSR count). The van der Waals surface area contributed by atoms with Gasteiger partial charge in [0.05, 0.1) is 0 Å². The number of rotatable bonds is 7. The summed E-state index contributed by atoms with van der Waals surface area (Å²) in [5.74, 6) is 1.62. The summed E-state index contributed by atoms with van der Waals surface area (Å²) in [7, 11) is 0. The van der Waals surface area contributed by atoms with E-state index < -0.39 is 0 Å². The molecule has 0 spiro atoms. The molecule has 2 atom stereocenters. The second-order valence-corrected chi connectivity index (χ2v) is 5.28. The van der Waals surface area contributed by atoms with E-state index in [2.05, 4.69) is 31.0 Å². The minimum absolute atomic E-state index is 0.798. The third kappa shape index (κ3) is 5.53. The van der Waals surface area contributed by atoms with Crippen LogP contribution in [-0.2, 0) is 0 Å². The molecule has 15 heavy (non-hydrogen) atoms. The normalized spacial score (nSPS) is 21.8. The monoisotopic (exact) mass is 212 g/mol. The van der Waals surface area contributed by atoms with Crippen molar-refractivity contribution in [1.29, 1.82) is 0 Å². The number of nitrogens with one attached hydrogen (secondary N) is 1. The average molecular weight is 212 g/mol. The maximum absolute atomic E-state index is 3.58. The smallest absolute Gasteiger partial charge is 0.00191 e. The highest BCUT2D eigenvalue weighted by molar-refractivity contribution is 4.70. The summed E-state index contributed by atoms with van der Waals surface area (Å²) in [5, 5.41) is 3.58. The van der Waals surface area contributed by atoms with Gasteiger partial charge in [0.15, 0.2) is 0 Å². The molecule has 0 aromatic rings. The SMILES string of the molecule is CCC(C)CNCC(C)CN1CCCC1. The molecule has 2 unspecified atom stereocenters. The lowest BCUT2D eigenvalue weighted by atomic mass is 10.1. The molecule has 1 fully saturated rings. The van der Waals surface area contributed by atoms with E-state index in [9.17, 15) is 0 Å². The van der Waals surface area contributed by atoms with Gasteiger partial charge in [-0.15, -0.1) is 0 Å². The highest BCUT2D eigenvalue weighted by atomic mass is 15.1. The molecule has 0 aromatic heterocycles. The summed E-state index contributed by atoms with van der Waals surface area (Å²) in [6, 6.07) is 0. The molecule has 1 heterocycles. The van der Waals surface area contributed by atoms with Crippen molar-refractivity contribution in [3.8, 4) is 0 Å². The number of hydrogen-bond donors (Lipinski definition) is 1. The summed E-state index contributed by atoms with van der Waals surface area (Å²) in [5.41, 5.74) is 0. The van der Waals surface area contributed by atoms with E-state index in [0.717, 1.165) is 11.8 Å². The van der Waals surface area contributed by atoms with E-state index in [1.807, 2.05) is 0 Å². The van der Waals surface area contributed by atoms with Gasteiger partial charge in [-0.3, -0.25) is 0 Å². The van der Waals surface area contributed by atoms with Crippen LogP contribution in [0.15, 0.2) is 0 Å². The standard InChI is InChI=1S/C13H28N2/c1-4-12(2)9-14-10-13(3)11-15-7-5-6-8-15/h12-14H,4-11H2,1-3H3. The van der Waals surface area contributed by atoms with Gasteiger partial charge < -0.3 is 10.2 Å². The highest BCUT2D eigenvalue weighted by Gasteiger charge is 2.14. The summed E-state index contributed by atoms with van der Waals surface area (Å²) in [6.45, 7) is 13.3. The van der Waals surface area contributed by atoms with Gasteiger partial charge in [0.2, 0.25) is 0 Å². The van der Waals surface area contributed by atoms with E-state index in [1.54, 1.807) is 0 Å². The summed E-state index contributed by atoms with van der Waals surface area (Å²) < 4.78 is 0. The highest BCUT2D eigenvalue weighted by Crippen LogP contribution is 2.09. The second-order valence-electron chi connectivity index (χ2n) is 5.28. The van der Waals surface area contributed by atoms with Gasteiger partial charge >= 0.3 is 0 Å². The van der Waals surface area contributed by atoms with Crippen LogP contribution in [0.1, 0.15) is 40.0 Å². The zero-order valence-corrected chi connectivity index (χ0v) is 10.8. The van der Waals surface area contributed by atoms with Crippen LogP contribution in [0.5, 0.6) is 0 Å². The Labute approximate surface area is 95.4 Å². The van der Waals surface area contributed by atoms with Crippen LogP contribution in [0.3, 0.4) is 0 Å². The van der Waals surface area contributed by atoms with E-state index in [4.69, 9.17) is 0 Å². The topological polar surface area (TPSA) is 15.3 Å². The van der Waals surface area contributed by atoms with Gasteiger partial charge in [-0.25, -0.2) is 0 Å². The van der Waals surface area contributed by atoms with Crippen LogP contribution in [0, 0.1) is 11.8 Å². The Morgan fingerprint density at radius 2 is 1.67 bits per heavy atom. The molecule has 0 bridgehead atoms. The molecular formula is C13H28N2. The van der Waals surface area contributed by atoms with Gasteiger partial charge in [0.25, 0.3) is 0 Å². The summed E-state index contributed by atoms with van der Waals surface area (Å²) in [4.78, 5) is 2.61. The van der Waals surface area contributed by atoms with Crippen molar-refractivity contribution in [2.24, 2.45) is 11.8 Å². The van der Waals surface area contributed by atoms with E-state index in [1.165, 1.54) is 52.0 Å². The van der Waals surface area contributed by atoms with Gasteiger partial charge in [0, 0.05) is 6.54 Å². The molecule has 0 radical (unpaired) electrons. The van der Waals surface area contributed by atoms with Crippen molar-refractivity contribution in [2.45, 2.75) is 40.0 Å². The van der Waals surface area contributed by atoms with Crippen molar-refractivity contribution < 1.29 is 0 Å². The Morgan fingerprint density at radius 1 is 1.07 bits per heavy atom. The number of hydrogen-bond acceptors (Lipinski definition) is 2. The molecule has 90 valence electrons. The third-order valence-electron chi connectivity index (χ3n) is 3.45. The third-order valence-corrected chi connectivity index (χ3v) is 3.45. The maximum atomic E-state index is 3.58. The van der Waals surface area contributed by atoms with Crippen molar-refractivity contribution in [1.82, 2.24) is 10.2 Å². The maximum Gasteiger partial charge on any atom is 0.00191 e. The predicted molar refractivity (Wildman–Crippen MR) is 67.2 cm³/mol. The first-order valence-corrected chi connectivity index (χ1v) is 6.65. The fourth-order valence-electron chi connectivity index (χ4n) is 2.19. The van der Waals surface area contributed by atoms with Crippen LogP contribution >= 0.6 is 0 Å². The molecular weight excluding hydrogens is 184 g/mol. The molecule has 0 aliphatic carbocycles. The molecule has 1 saturated heterocycles. The predicted octanol–water partition coefficient (Wildman–Crippen LogP) is 2.35. The first-order valence-electron chi connectivity index (χ1n) is 6.65. The van der Waals surface area contributed by atoms with E-state index in [0.29, 0.717) is 0 Å². The van der Waals surface area contributed by atoms with Crippen LogP contribution in [0.25, 0.3) is 0 Å². The Balaban J connectivity index is 2.00. The van der Waals surface area contributed by atoms with Crippen LogP contribution in [0.2, 0.25) is 0 Å². The molecule has 1 N–H and O–H groups in total. The number of likely N-dealkylation sites (tertiary alicyclic amines) is 1. The zero-order chi connectivity index (χ0) is 11.1. The Hall–Kier alpha value is -0.0800. The number of nitrogens with zero attached hydrogens (tertiary/aromatic N) is 1. The van der Waals surface area contributed by atoms with Crippen LogP contribution < -0.4 is 5.32 Å². The first-order chi connectivity index (χ1) is 7.22. The van der Waals surface area contributed by atoms with Crippen LogP contribution in [-0.4, -0.2) is 37.6 Å². The Morgan fingerprint density at radius 3 is 2.27 bits per heavy atom.